The third-order valence-electron chi connectivity index (χ3n) is 3.69. The predicted octanol–water partition coefficient (Wildman–Crippen LogP) is 0.699. The normalized spacial score (nSPS) is 18.7. The molecule has 0 atom stereocenters. The standard InChI is InChI=1S/C12H22N2O3/c1-3-12(5-7-13-8-6-12)11(17)14(4-2)9-10(15)16/h13H,3-9H2,1-2H3,(H,15,16). The Morgan fingerprint density at radius 2 is 1.88 bits per heavy atom. The number of nitrogens with zero attached hydrogens (tertiary/aromatic N) is 1. The molecule has 0 aromatic carbocycles. The van der Waals surface area contributed by atoms with Crippen LogP contribution in [-0.4, -0.2) is 48.1 Å². The maximum atomic E-state index is 12.5. The van der Waals surface area contributed by atoms with Crippen molar-refractivity contribution in [1.82, 2.24) is 10.2 Å². The number of hydrogen-bond acceptors (Lipinski definition) is 3. The zero-order chi connectivity index (χ0) is 12.9. The molecule has 0 unspecified atom stereocenters. The van der Waals surface area contributed by atoms with E-state index < -0.39 is 5.97 Å². The van der Waals surface area contributed by atoms with Crippen LogP contribution in [0.5, 0.6) is 0 Å². The molecule has 17 heavy (non-hydrogen) atoms. The molecular weight excluding hydrogens is 220 g/mol. The number of hydrogen-bond donors (Lipinski definition) is 2. The zero-order valence-electron chi connectivity index (χ0n) is 10.7. The van der Waals surface area contributed by atoms with E-state index >= 15 is 0 Å². The number of carbonyl (C=O) groups is 2. The Hall–Kier alpha value is -1.10. The van der Waals surface area contributed by atoms with E-state index in [0.29, 0.717) is 6.54 Å². The van der Waals surface area contributed by atoms with Crippen molar-refractivity contribution in [2.24, 2.45) is 5.41 Å². The van der Waals surface area contributed by atoms with Gasteiger partial charge < -0.3 is 15.3 Å². The second kappa shape index (κ2) is 6.00. The number of nitrogens with one attached hydrogen (secondary N) is 1. The van der Waals surface area contributed by atoms with Crippen molar-refractivity contribution in [2.45, 2.75) is 33.1 Å². The summed E-state index contributed by atoms with van der Waals surface area (Å²) in [6.07, 6.45) is 2.39. The van der Waals surface area contributed by atoms with Crippen LogP contribution in [-0.2, 0) is 9.59 Å². The summed E-state index contributed by atoms with van der Waals surface area (Å²) in [7, 11) is 0. The van der Waals surface area contributed by atoms with Crippen LogP contribution < -0.4 is 5.32 Å². The van der Waals surface area contributed by atoms with Crippen LogP contribution in [0.15, 0.2) is 0 Å². The number of carboxylic acid groups (broad SMARTS) is 1. The van der Waals surface area contributed by atoms with Gasteiger partial charge in [-0.25, -0.2) is 0 Å². The molecule has 1 heterocycles. The van der Waals surface area contributed by atoms with E-state index in [9.17, 15) is 9.59 Å². The Bertz CT molecular complexity index is 285. The van der Waals surface area contributed by atoms with Crippen LogP contribution in [0.2, 0.25) is 0 Å². The average Bonchev–Trinajstić information content (AvgIpc) is 2.35. The van der Waals surface area contributed by atoms with E-state index in [2.05, 4.69) is 5.32 Å². The monoisotopic (exact) mass is 242 g/mol. The lowest BCUT2D eigenvalue weighted by Gasteiger charge is -2.38. The van der Waals surface area contributed by atoms with Crippen molar-refractivity contribution in [1.29, 1.82) is 0 Å². The highest BCUT2D eigenvalue weighted by Crippen LogP contribution is 2.34. The molecule has 1 aliphatic heterocycles. The van der Waals surface area contributed by atoms with Gasteiger partial charge in [-0.3, -0.25) is 9.59 Å². The largest absolute Gasteiger partial charge is 0.480 e. The maximum Gasteiger partial charge on any atom is 0.323 e. The molecule has 1 amide bonds. The summed E-state index contributed by atoms with van der Waals surface area (Å²) in [6.45, 7) is 5.78. The van der Waals surface area contributed by atoms with E-state index in [-0.39, 0.29) is 17.9 Å². The first-order valence-corrected chi connectivity index (χ1v) is 6.27. The van der Waals surface area contributed by atoms with E-state index in [4.69, 9.17) is 5.11 Å². The number of piperidine rings is 1. The Morgan fingerprint density at radius 3 is 2.29 bits per heavy atom. The number of amides is 1. The fraction of sp³-hybridized carbons (Fsp3) is 0.833. The summed E-state index contributed by atoms with van der Waals surface area (Å²) in [5, 5.41) is 12.1. The first-order valence-electron chi connectivity index (χ1n) is 6.27. The molecule has 1 saturated heterocycles. The van der Waals surface area contributed by atoms with Gasteiger partial charge in [-0.2, -0.15) is 0 Å². The van der Waals surface area contributed by atoms with Gasteiger partial charge in [-0.15, -0.1) is 0 Å². The van der Waals surface area contributed by atoms with E-state index in [1.165, 1.54) is 4.90 Å². The lowest BCUT2D eigenvalue weighted by molar-refractivity contribution is -0.151. The average molecular weight is 242 g/mol. The van der Waals surface area contributed by atoms with Crippen LogP contribution in [0.1, 0.15) is 33.1 Å². The van der Waals surface area contributed by atoms with Crippen molar-refractivity contribution in [3.05, 3.63) is 0 Å². The molecule has 1 aliphatic rings. The SMILES string of the molecule is CCN(CC(=O)O)C(=O)C1(CC)CCNCC1. The highest BCUT2D eigenvalue weighted by molar-refractivity contribution is 5.86. The smallest absolute Gasteiger partial charge is 0.323 e. The first-order chi connectivity index (χ1) is 8.05. The van der Waals surface area contributed by atoms with Crippen molar-refractivity contribution >= 4 is 11.9 Å². The minimum atomic E-state index is -0.944. The highest BCUT2D eigenvalue weighted by Gasteiger charge is 2.40. The molecular formula is C12H22N2O3. The summed E-state index contributed by atoms with van der Waals surface area (Å²) in [5.41, 5.74) is -0.350. The van der Waals surface area contributed by atoms with Gasteiger partial charge in [0.25, 0.3) is 0 Å². The van der Waals surface area contributed by atoms with Gasteiger partial charge in [0.15, 0.2) is 0 Å². The molecule has 0 aromatic rings. The number of carboxylic acids is 1. The molecule has 5 heteroatoms. The topological polar surface area (TPSA) is 69.6 Å². The van der Waals surface area contributed by atoms with Crippen molar-refractivity contribution < 1.29 is 14.7 Å². The molecule has 1 fully saturated rings. The maximum absolute atomic E-state index is 12.5. The van der Waals surface area contributed by atoms with Gasteiger partial charge in [-0.1, -0.05) is 6.92 Å². The molecule has 0 radical (unpaired) electrons. The summed E-state index contributed by atoms with van der Waals surface area (Å²) in [5.74, 6) is -0.938. The van der Waals surface area contributed by atoms with Crippen molar-refractivity contribution in [3.63, 3.8) is 0 Å². The fourth-order valence-electron chi connectivity index (χ4n) is 2.45. The van der Waals surface area contributed by atoms with Gasteiger partial charge in [0.1, 0.15) is 6.54 Å². The summed E-state index contributed by atoms with van der Waals surface area (Å²) in [4.78, 5) is 24.7. The minimum absolute atomic E-state index is 0.00593. The lowest BCUT2D eigenvalue weighted by Crippen LogP contribution is -2.50. The van der Waals surface area contributed by atoms with Gasteiger partial charge in [0.2, 0.25) is 5.91 Å². The predicted molar refractivity (Wildman–Crippen MR) is 64.7 cm³/mol. The molecule has 2 N–H and O–H groups in total. The molecule has 0 saturated carbocycles. The van der Waals surface area contributed by atoms with Gasteiger partial charge in [0, 0.05) is 6.54 Å². The molecule has 0 bridgehead atoms. The number of likely N-dealkylation sites (N-methyl/N-ethyl adjacent to an activating group) is 1. The van der Waals surface area contributed by atoms with Crippen LogP contribution in [0, 0.1) is 5.41 Å². The third kappa shape index (κ3) is 3.19. The van der Waals surface area contributed by atoms with Crippen molar-refractivity contribution in [3.8, 4) is 0 Å². The van der Waals surface area contributed by atoms with Gasteiger partial charge >= 0.3 is 5.97 Å². The van der Waals surface area contributed by atoms with Crippen LogP contribution >= 0.6 is 0 Å². The molecule has 1 rings (SSSR count). The Labute approximate surface area is 102 Å². The molecule has 0 aromatic heterocycles. The van der Waals surface area contributed by atoms with Crippen molar-refractivity contribution in [2.75, 3.05) is 26.2 Å². The van der Waals surface area contributed by atoms with E-state index in [1.54, 1.807) is 0 Å². The molecule has 98 valence electrons. The lowest BCUT2D eigenvalue weighted by atomic mass is 9.75. The Morgan fingerprint density at radius 1 is 1.29 bits per heavy atom. The second-order valence-electron chi connectivity index (χ2n) is 4.60. The fourth-order valence-corrected chi connectivity index (χ4v) is 2.45. The third-order valence-corrected chi connectivity index (χ3v) is 3.69. The first kappa shape index (κ1) is 14.0. The van der Waals surface area contributed by atoms with Gasteiger partial charge in [-0.05, 0) is 39.3 Å². The Kier molecular flexibility index (Phi) is 4.93. The molecule has 5 nitrogen and oxygen atoms in total. The Balaban J connectivity index is 2.78. The zero-order valence-corrected chi connectivity index (χ0v) is 10.7. The summed E-state index contributed by atoms with van der Waals surface area (Å²) >= 11 is 0. The highest BCUT2D eigenvalue weighted by atomic mass is 16.4. The summed E-state index contributed by atoms with van der Waals surface area (Å²) < 4.78 is 0. The van der Waals surface area contributed by atoms with Crippen LogP contribution in [0.4, 0.5) is 0 Å². The van der Waals surface area contributed by atoms with E-state index in [0.717, 1.165) is 32.4 Å². The number of aliphatic carboxylic acids is 1. The second-order valence-corrected chi connectivity index (χ2v) is 4.60. The number of rotatable bonds is 5. The quantitative estimate of drug-likeness (QED) is 0.744. The summed E-state index contributed by atoms with van der Waals surface area (Å²) in [6, 6.07) is 0. The molecule has 0 spiro atoms. The van der Waals surface area contributed by atoms with Crippen LogP contribution in [0.3, 0.4) is 0 Å². The van der Waals surface area contributed by atoms with E-state index in [1.807, 2.05) is 13.8 Å². The molecule has 0 aliphatic carbocycles. The minimum Gasteiger partial charge on any atom is -0.480 e. The number of carbonyl (C=O) groups excluding carboxylic acids is 1. The van der Waals surface area contributed by atoms with Gasteiger partial charge in [0.05, 0.1) is 5.41 Å². The van der Waals surface area contributed by atoms with Crippen LogP contribution in [0.25, 0.3) is 0 Å².